The van der Waals surface area contributed by atoms with Crippen molar-refractivity contribution in [3.05, 3.63) is 35.9 Å². The average molecular weight is 526 g/mol. The number of amides is 3. The van der Waals surface area contributed by atoms with Crippen LogP contribution >= 0.6 is 34.8 Å². The first-order valence-electron chi connectivity index (χ1n) is 9.92. The van der Waals surface area contributed by atoms with Gasteiger partial charge in [0.2, 0.25) is 9.70 Å². The molecule has 0 saturated heterocycles. The van der Waals surface area contributed by atoms with Crippen molar-refractivity contribution < 1.29 is 28.7 Å². The maximum absolute atomic E-state index is 12.4. The molecule has 0 aliphatic carbocycles. The van der Waals surface area contributed by atoms with E-state index in [0.29, 0.717) is 0 Å². The normalized spacial score (nSPS) is 12.9. The second-order valence-electron chi connectivity index (χ2n) is 7.45. The highest BCUT2D eigenvalue weighted by Crippen LogP contribution is 2.25. The summed E-state index contributed by atoms with van der Waals surface area (Å²) in [5.74, 6) is -2.12. The summed E-state index contributed by atoms with van der Waals surface area (Å²) in [5.41, 5.74) is 10.7. The van der Waals surface area contributed by atoms with Crippen LogP contribution in [0.15, 0.2) is 30.3 Å². The van der Waals surface area contributed by atoms with E-state index in [4.69, 9.17) is 45.3 Å². The minimum Gasteiger partial charge on any atom is -0.461 e. The fourth-order valence-corrected chi connectivity index (χ4v) is 2.60. The molecule has 33 heavy (non-hydrogen) atoms. The molecule has 1 aromatic rings. The first-order chi connectivity index (χ1) is 15.4. The standard InChI is InChI=1S/C20H27Cl3N4O6/c1-12(2)8-15(18(30)26-27-19(31)33-11-20(21,22)23)25-17(29)14(24)9-16(28)32-10-13-6-4-3-5-7-13/h3-7,12,14-15H,8-11,24H2,1-2H3,(H,25,29)(H,26,30)(H,27,31)/t14-,15+/m0/s1. The molecule has 5 N–H and O–H groups in total. The lowest BCUT2D eigenvalue weighted by Gasteiger charge is -2.22. The number of carbonyl (C=O) groups is 4. The number of hydrogen-bond donors (Lipinski definition) is 4. The molecule has 10 nitrogen and oxygen atoms in total. The van der Waals surface area contributed by atoms with Crippen LogP contribution < -0.4 is 21.9 Å². The summed E-state index contributed by atoms with van der Waals surface area (Å²) in [5, 5.41) is 2.47. The number of ether oxygens (including phenoxy) is 2. The number of rotatable bonds is 10. The monoisotopic (exact) mass is 524 g/mol. The molecule has 0 saturated carbocycles. The van der Waals surface area contributed by atoms with Gasteiger partial charge in [-0.2, -0.15) is 0 Å². The number of nitrogens with two attached hydrogens (primary N) is 1. The highest BCUT2D eigenvalue weighted by molar-refractivity contribution is 6.67. The van der Waals surface area contributed by atoms with Crippen LogP contribution in [0, 0.1) is 5.92 Å². The number of esters is 1. The van der Waals surface area contributed by atoms with E-state index in [2.05, 4.69) is 15.5 Å². The third kappa shape index (κ3) is 13.1. The van der Waals surface area contributed by atoms with Crippen molar-refractivity contribution >= 4 is 58.7 Å². The van der Waals surface area contributed by atoms with E-state index in [0.717, 1.165) is 5.56 Å². The van der Waals surface area contributed by atoms with Crippen molar-refractivity contribution in [2.24, 2.45) is 11.7 Å². The molecule has 184 valence electrons. The Morgan fingerprint density at radius 2 is 1.64 bits per heavy atom. The van der Waals surface area contributed by atoms with Crippen LogP contribution in [0.5, 0.6) is 0 Å². The van der Waals surface area contributed by atoms with Crippen LogP contribution in [-0.2, 0) is 30.5 Å². The van der Waals surface area contributed by atoms with Gasteiger partial charge < -0.3 is 20.5 Å². The Bertz CT molecular complexity index is 805. The van der Waals surface area contributed by atoms with Crippen molar-refractivity contribution in [1.29, 1.82) is 0 Å². The van der Waals surface area contributed by atoms with E-state index in [1.165, 1.54) is 0 Å². The molecular formula is C20H27Cl3N4O6. The minimum absolute atomic E-state index is 0.00410. The molecule has 13 heteroatoms. The highest BCUT2D eigenvalue weighted by Gasteiger charge is 2.27. The Morgan fingerprint density at radius 3 is 2.21 bits per heavy atom. The summed E-state index contributed by atoms with van der Waals surface area (Å²) in [6.45, 7) is 3.17. The van der Waals surface area contributed by atoms with E-state index in [-0.39, 0.29) is 25.4 Å². The molecule has 0 radical (unpaired) electrons. The van der Waals surface area contributed by atoms with Crippen molar-refractivity contribution in [1.82, 2.24) is 16.2 Å². The molecule has 1 rings (SSSR count). The van der Waals surface area contributed by atoms with Crippen LogP contribution in [0.3, 0.4) is 0 Å². The fraction of sp³-hybridized carbons (Fsp3) is 0.500. The van der Waals surface area contributed by atoms with Gasteiger partial charge in [0.1, 0.15) is 19.3 Å². The zero-order valence-electron chi connectivity index (χ0n) is 18.1. The SMILES string of the molecule is CC(C)C[C@@H](NC(=O)[C@@H](N)CC(=O)OCc1ccccc1)C(=O)NNC(=O)OCC(Cl)(Cl)Cl. The van der Waals surface area contributed by atoms with E-state index in [1.54, 1.807) is 24.3 Å². The number of hydrogen-bond acceptors (Lipinski definition) is 7. The van der Waals surface area contributed by atoms with E-state index >= 15 is 0 Å². The largest absolute Gasteiger partial charge is 0.461 e. The van der Waals surface area contributed by atoms with Gasteiger partial charge in [-0.15, -0.1) is 0 Å². The molecule has 0 bridgehead atoms. The number of hydrazine groups is 1. The lowest BCUT2D eigenvalue weighted by Crippen LogP contribution is -2.55. The fourth-order valence-electron chi connectivity index (χ4n) is 2.43. The highest BCUT2D eigenvalue weighted by atomic mass is 35.6. The zero-order valence-corrected chi connectivity index (χ0v) is 20.4. The summed E-state index contributed by atoms with van der Waals surface area (Å²) in [6, 6.07) is 6.73. The number of alkyl halides is 3. The second-order valence-corrected chi connectivity index (χ2v) is 9.97. The van der Waals surface area contributed by atoms with Crippen LogP contribution in [-0.4, -0.2) is 46.4 Å². The predicted octanol–water partition coefficient (Wildman–Crippen LogP) is 2.11. The van der Waals surface area contributed by atoms with Gasteiger partial charge in [-0.25, -0.2) is 10.2 Å². The van der Waals surface area contributed by atoms with Crippen LogP contribution in [0.2, 0.25) is 0 Å². The Hall–Kier alpha value is -2.27. The average Bonchev–Trinajstić information content (AvgIpc) is 2.73. The van der Waals surface area contributed by atoms with E-state index in [1.807, 2.05) is 25.3 Å². The summed E-state index contributed by atoms with van der Waals surface area (Å²) in [6.07, 6.45) is -1.22. The summed E-state index contributed by atoms with van der Waals surface area (Å²) in [7, 11) is 0. The molecule has 2 atom stereocenters. The molecule has 0 fully saturated rings. The Kier molecular flexibility index (Phi) is 12.3. The van der Waals surface area contributed by atoms with Gasteiger partial charge in [0.05, 0.1) is 12.5 Å². The molecule has 3 amide bonds. The Morgan fingerprint density at radius 1 is 1.00 bits per heavy atom. The Balaban J connectivity index is 2.54. The van der Waals surface area contributed by atoms with Crippen LogP contribution in [0.1, 0.15) is 32.3 Å². The number of halogens is 3. The number of benzene rings is 1. The van der Waals surface area contributed by atoms with E-state index < -0.39 is 46.4 Å². The lowest BCUT2D eigenvalue weighted by molar-refractivity contribution is -0.146. The third-order valence-electron chi connectivity index (χ3n) is 3.96. The van der Waals surface area contributed by atoms with Gasteiger partial charge in [0, 0.05) is 0 Å². The van der Waals surface area contributed by atoms with Crippen molar-refractivity contribution in [2.75, 3.05) is 6.61 Å². The third-order valence-corrected chi connectivity index (χ3v) is 4.29. The van der Waals surface area contributed by atoms with Gasteiger partial charge in [0.15, 0.2) is 0 Å². The van der Waals surface area contributed by atoms with Crippen LogP contribution in [0.25, 0.3) is 0 Å². The van der Waals surface area contributed by atoms with E-state index in [9.17, 15) is 19.2 Å². The Labute approximate surface area is 206 Å². The summed E-state index contributed by atoms with van der Waals surface area (Å²) >= 11 is 16.4. The number of carbonyl (C=O) groups excluding carboxylic acids is 4. The summed E-state index contributed by atoms with van der Waals surface area (Å²) < 4.78 is 7.91. The van der Waals surface area contributed by atoms with Crippen molar-refractivity contribution in [3.8, 4) is 0 Å². The first kappa shape index (κ1) is 28.8. The van der Waals surface area contributed by atoms with Gasteiger partial charge >= 0.3 is 12.1 Å². The maximum Gasteiger partial charge on any atom is 0.426 e. The predicted molar refractivity (Wildman–Crippen MR) is 123 cm³/mol. The first-order valence-corrected chi connectivity index (χ1v) is 11.1. The second kappa shape index (κ2) is 14.1. The molecule has 0 aliphatic heterocycles. The molecule has 0 spiro atoms. The van der Waals surface area contributed by atoms with Gasteiger partial charge in [-0.05, 0) is 17.9 Å². The lowest BCUT2D eigenvalue weighted by atomic mass is 10.0. The quantitative estimate of drug-likeness (QED) is 0.208. The van der Waals surface area contributed by atoms with Gasteiger partial charge in [-0.3, -0.25) is 19.8 Å². The van der Waals surface area contributed by atoms with Crippen molar-refractivity contribution in [2.45, 2.75) is 49.2 Å². The van der Waals surface area contributed by atoms with Crippen LogP contribution in [0.4, 0.5) is 4.79 Å². The van der Waals surface area contributed by atoms with Crippen molar-refractivity contribution in [3.63, 3.8) is 0 Å². The molecule has 0 aromatic heterocycles. The topological polar surface area (TPSA) is 149 Å². The molecular weight excluding hydrogens is 499 g/mol. The summed E-state index contributed by atoms with van der Waals surface area (Å²) in [4.78, 5) is 48.4. The van der Waals surface area contributed by atoms with Gasteiger partial charge in [-0.1, -0.05) is 79.0 Å². The minimum atomic E-state index is -1.81. The van der Waals surface area contributed by atoms with Gasteiger partial charge in [0.25, 0.3) is 5.91 Å². The maximum atomic E-state index is 12.4. The smallest absolute Gasteiger partial charge is 0.426 e. The molecule has 1 aromatic carbocycles. The molecule has 0 aliphatic rings. The number of nitrogens with one attached hydrogen (secondary N) is 3. The molecule has 0 unspecified atom stereocenters. The zero-order chi connectivity index (χ0) is 25.0. The molecule has 0 heterocycles.